The number of hydrogen-bond acceptors (Lipinski definition) is 4. The summed E-state index contributed by atoms with van der Waals surface area (Å²) in [6.45, 7) is 3.13. The van der Waals surface area contributed by atoms with Crippen LogP contribution in [0.5, 0.6) is 5.75 Å². The molecule has 0 aliphatic carbocycles. The second kappa shape index (κ2) is 5.82. The van der Waals surface area contributed by atoms with Crippen molar-refractivity contribution in [3.63, 3.8) is 0 Å². The lowest BCUT2D eigenvalue weighted by Gasteiger charge is -2.25. The van der Waals surface area contributed by atoms with Gasteiger partial charge in [0.2, 0.25) is 0 Å². The number of benzene rings is 1. The van der Waals surface area contributed by atoms with E-state index in [0.29, 0.717) is 19.0 Å². The lowest BCUT2D eigenvalue weighted by Crippen LogP contribution is -2.44. The van der Waals surface area contributed by atoms with Crippen LogP contribution in [-0.4, -0.2) is 33.7 Å². The quantitative estimate of drug-likeness (QED) is 0.894. The predicted molar refractivity (Wildman–Crippen MR) is 77.3 cm³/mol. The molecule has 0 bridgehead atoms. The topological polar surface area (TPSA) is 81.1 Å². The fraction of sp³-hybridized carbons (Fsp3) is 0.357. The van der Waals surface area contributed by atoms with Gasteiger partial charge in [-0.2, -0.15) is 0 Å². The molecule has 110 valence electrons. The summed E-state index contributed by atoms with van der Waals surface area (Å²) in [4.78, 5) is 11.9. The Labute approximate surface area is 122 Å². The average molecular weight is 287 g/mol. The Morgan fingerprint density at radius 2 is 2.33 bits per heavy atom. The van der Waals surface area contributed by atoms with Crippen LogP contribution in [-0.2, 0) is 13.0 Å². The van der Waals surface area contributed by atoms with Crippen molar-refractivity contribution >= 4 is 11.8 Å². The van der Waals surface area contributed by atoms with Gasteiger partial charge in [0.1, 0.15) is 12.4 Å². The third kappa shape index (κ3) is 3.13. The lowest BCUT2D eigenvalue weighted by molar-refractivity contribution is 0.222. The molecule has 1 aromatic heterocycles. The molecule has 7 nitrogen and oxygen atoms in total. The van der Waals surface area contributed by atoms with Gasteiger partial charge in [-0.3, -0.25) is 10.00 Å². The molecule has 1 aliphatic rings. The van der Waals surface area contributed by atoms with Gasteiger partial charge in [-0.05, 0) is 25.0 Å². The van der Waals surface area contributed by atoms with Crippen molar-refractivity contribution in [3.05, 3.63) is 36.0 Å². The standard InChI is InChI=1S/C14H17N5O2/c1-2-19-8-13(17-18-19)16-14(20)15-11-7-10-5-3-4-6-12(10)21-9-11/h3-6,8,11H,2,7,9H2,1H3,(H2,15,16,20)/t11-/m0/s1. The number of anilines is 1. The molecular weight excluding hydrogens is 270 g/mol. The molecule has 21 heavy (non-hydrogen) atoms. The van der Waals surface area contributed by atoms with E-state index < -0.39 is 0 Å². The van der Waals surface area contributed by atoms with Crippen LogP contribution in [0.4, 0.5) is 10.6 Å². The number of urea groups is 1. The lowest BCUT2D eigenvalue weighted by atomic mass is 10.0. The highest BCUT2D eigenvalue weighted by molar-refractivity contribution is 5.88. The van der Waals surface area contributed by atoms with Crippen LogP contribution in [0.3, 0.4) is 0 Å². The smallest absolute Gasteiger partial charge is 0.320 e. The number of nitrogens with zero attached hydrogens (tertiary/aromatic N) is 3. The van der Waals surface area contributed by atoms with Gasteiger partial charge in [0, 0.05) is 6.54 Å². The van der Waals surface area contributed by atoms with E-state index in [1.807, 2.05) is 31.2 Å². The van der Waals surface area contributed by atoms with Crippen molar-refractivity contribution in [1.29, 1.82) is 0 Å². The SMILES string of the molecule is CCn1cc(NC(=O)N[C@@H]2COc3ccccc3C2)nn1. The molecule has 7 heteroatoms. The summed E-state index contributed by atoms with van der Waals surface area (Å²) in [5.41, 5.74) is 1.10. The minimum absolute atomic E-state index is 0.0545. The zero-order valence-corrected chi connectivity index (χ0v) is 11.7. The van der Waals surface area contributed by atoms with Crippen LogP contribution in [0.15, 0.2) is 30.5 Å². The van der Waals surface area contributed by atoms with E-state index in [4.69, 9.17) is 4.74 Å². The van der Waals surface area contributed by atoms with Gasteiger partial charge >= 0.3 is 6.03 Å². The number of aromatic nitrogens is 3. The normalized spacial score (nSPS) is 16.7. The highest BCUT2D eigenvalue weighted by atomic mass is 16.5. The Morgan fingerprint density at radius 1 is 1.48 bits per heavy atom. The highest BCUT2D eigenvalue weighted by Crippen LogP contribution is 2.23. The first-order chi connectivity index (χ1) is 10.2. The minimum atomic E-state index is -0.300. The monoisotopic (exact) mass is 287 g/mol. The largest absolute Gasteiger partial charge is 0.491 e. The summed E-state index contributed by atoms with van der Waals surface area (Å²) >= 11 is 0. The molecule has 0 saturated carbocycles. The van der Waals surface area contributed by atoms with Crippen molar-refractivity contribution < 1.29 is 9.53 Å². The van der Waals surface area contributed by atoms with Crippen LogP contribution in [0, 0.1) is 0 Å². The molecule has 2 aromatic rings. The molecule has 2 heterocycles. The zero-order valence-electron chi connectivity index (χ0n) is 11.7. The molecule has 2 N–H and O–H groups in total. The first-order valence-corrected chi connectivity index (χ1v) is 6.93. The Bertz CT molecular complexity index is 640. The van der Waals surface area contributed by atoms with Gasteiger partial charge in [-0.15, -0.1) is 5.10 Å². The molecule has 3 rings (SSSR count). The van der Waals surface area contributed by atoms with Crippen LogP contribution in [0.1, 0.15) is 12.5 Å². The van der Waals surface area contributed by atoms with Gasteiger partial charge in [0.25, 0.3) is 0 Å². The maximum absolute atomic E-state index is 11.9. The van der Waals surface area contributed by atoms with Gasteiger partial charge in [-0.25, -0.2) is 4.79 Å². The number of fused-ring (bicyclic) bond motifs is 1. The van der Waals surface area contributed by atoms with Crippen molar-refractivity contribution in [2.45, 2.75) is 25.9 Å². The van der Waals surface area contributed by atoms with Gasteiger partial charge in [-0.1, -0.05) is 23.4 Å². The number of rotatable bonds is 3. The zero-order chi connectivity index (χ0) is 14.7. The van der Waals surface area contributed by atoms with E-state index in [0.717, 1.165) is 17.7 Å². The van der Waals surface area contributed by atoms with E-state index in [1.54, 1.807) is 10.9 Å². The summed E-state index contributed by atoms with van der Waals surface area (Å²) in [6, 6.07) is 7.50. The molecule has 1 aromatic carbocycles. The fourth-order valence-electron chi connectivity index (χ4n) is 2.27. The second-order valence-electron chi connectivity index (χ2n) is 4.88. The van der Waals surface area contributed by atoms with Crippen LogP contribution >= 0.6 is 0 Å². The molecule has 0 radical (unpaired) electrons. The van der Waals surface area contributed by atoms with Crippen molar-refractivity contribution in [1.82, 2.24) is 20.3 Å². The highest BCUT2D eigenvalue weighted by Gasteiger charge is 2.21. The van der Waals surface area contributed by atoms with Gasteiger partial charge in [0.15, 0.2) is 5.82 Å². The Kier molecular flexibility index (Phi) is 3.72. The Morgan fingerprint density at radius 3 is 3.14 bits per heavy atom. The maximum atomic E-state index is 11.9. The predicted octanol–water partition coefficient (Wildman–Crippen LogP) is 1.42. The number of carbonyl (C=O) groups is 1. The molecule has 1 atom stereocenters. The number of amides is 2. The third-order valence-electron chi connectivity index (χ3n) is 3.32. The summed E-state index contributed by atoms with van der Waals surface area (Å²) in [5.74, 6) is 1.33. The third-order valence-corrected chi connectivity index (χ3v) is 3.32. The summed E-state index contributed by atoms with van der Waals surface area (Å²) in [7, 11) is 0. The average Bonchev–Trinajstić information content (AvgIpc) is 2.94. The van der Waals surface area contributed by atoms with Crippen LogP contribution in [0.2, 0.25) is 0 Å². The first kappa shape index (κ1) is 13.4. The van der Waals surface area contributed by atoms with E-state index >= 15 is 0 Å². The van der Waals surface area contributed by atoms with Crippen LogP contribution in [0.25, 0.3) is 0 Å². The summed E-state index contributed by atoms with van der Waals surface area (Å²) in [6.07, 6.45) is 2.44. The molecule has 1 aliphatic heterocycles. The molecular formula is C14H17N5O2. The fourth-order valence-corrected chi connectivity index (χ4v) is 2.27. The van der Waals surface area contributed by atoms with Crippen molar-refractivity contribution in [2.75, 3.05) is 11.9 Å². The minimum Gasteiger partial charge on any atom is -0.491 e. The number of para-hydroxylation sites is 1. The number of ether oxygens (including phenoxy) is 1. The number of nitrogens with one attached hydrogen (secondary N) is 2. The number of aryl methyl sites for hydroxylation is 1. The Balaban J connectivity index is 1.56. The summed E-state index contributed by atoms with van der Waals surface area (Å²) in [5, 5.41) is 13.3. The maximum Gasteiger partial charge on any atom is 0.320 e. The number of carbonyl (C=O) groups excluding carboxylic acids is 1. The van der Waals surface area contributed by atoms with E-state index in [9.17, 15) is 4.79 Å². The molecule has 0 fully saturated rings. The molecule has 0 spiro atoms. The molecule has 0 saturated heterocycles. The van der Waals surface area contributed by atoms with Gasteiger partial charge < -0.3 is 10.1 Å². The summed E-state index contributed by atoms with van der Waals surface area (Å²) < 4.78 is 7.28. The van der Waals surface area contributed by atoms with Gasteiger partial charge in [0.05, 0.1) is 12.2 Å². The van der Waals surface area contributed by atoms with E-state index in [-0.39, 0.29) is 12.1 Å². The van der Waals surface area contributed by atoms with Crippen molar-refractivity contribution in [3.8, 4) is 5.75 Å². The first-order valence-electron chi connectivity index (χ1n) is 6.93. The second-order valence-corrected chi connectivity index (χ2v) is 4.88. The molecule has 2 amide bonds. The van der Waals surface area contributed by atoms with Crippen molar-refractivity contribution in [2.24, 2.45) is 0 Å². The van der Waals surface area contributed by atoms with E-state index in [2.05, 4.69) is 20.9 Å². The van der Waals surface area contributed by atoms with Crippen LogP contribution < -0.4 is 15.4 Å². The molecule has 0 unspecified atom stereocenters. The number of hydrogen-bond donors (Lipinski definition) is 2. The van der Waals surface area contributed by atoms with E-state index in [1.165, 1.54) is 0 Å². The Hall–Kier alpha value is -2.57.